The number of nitrogens with two attached hydrogens (primary N) is 1. The number of nitrogens with zero attached hydrogens (tertiary/aromatic N) is 4. The van der Waals surface area contributed by atoms with Crippen molar-refractivity contribution in [2.24, 2.45) is 0 Å². The number of fused-ring (bicyclic) bond motifs is 1. The third-order valence-electron chi connectivity index (χ3n) is 2.70. The zero-order valence-electron chi connectivity index (χ0n) is 11.6. The molecule has 0 saturated carbocycles. The van der Waals surface area contributed by atoms with Gasteiger partial charge in [0.1, 0.15) is 6.35 Å². The minimum absolute atomic E-state index is 0.109. The Kier molecular flexibility index (Phi) is 4.43. The second kappa shape index (κ2) is 5.94. The monoisotopic (exact) mass is 316 g/mol. The Morgan fingerprint density at radius 3 is 2.86 bits per heavy atom. The Hall–Kier alpha value is -1.74. The molecule has 0 bridgehead atoms. The van der Waals surface area contributed by atoms with Gasteiger partial charge in [-0.25, -0.2) is 4.98 Å². The number of aromatic nitrogens is 4. The van der Waals surface area contributed by atoms with Crippen molar-refractivity contribution in [3.05, 3.63) is 6.33 Å². The first-order chi connectivity index (χ1) is 9.80. The molecule has 2 aromatic rings. The van der Waals surface area contributed by atoms with Gasteiger partial charge in [0.15, 0.2) is 17.0 Å². The lowest BCUT2D eigenvalue weighted by atomic mass is 10.4. The summed E-state index contributed by atoms with van der Waals surface area (Å²) >= 11 is 0. The molecule has 5 N–H and O–H groups in total. The number of nitrogen functional groups attached to an aromatic ring is 1. The summed E-state index contributed by atoms with van der Waals surface area (Å²) in [6.45, 7) is 2.03. The zero-order valence-corrected chi connectivity index (χ0v) is 12.5. The minimum Gasteiger partial charge on any atom is -0.371 e. The molecule has 0 unspecified atom stereocenters. The van der Waals surface area contributed by atoms with E-state index in [1.807, 2.05) is 0 Å². The Balaban J connectivity index is 2.19. The molecule has 11 heteroatoms. The molecule has 0 aromatic carbocycles. The van der Waals surface area contributed by atoms with Crippen LogP contribution in [0.1, 0.15) is 6.92 Å². The highest BCUT2D eigenvalue weighted by molar-refractivity contribution is 7.51. The van der Waals surface area contributed by atoms with E-state index in [-0.39, 0.29) is 5.95 Å². The number of hydrogen-bond donors (Lipinski definition) is 4. The van der Waals surface area contributed by atoms with Crippen LogP contribution in [0.2, 0.25) is 0 Å². The van der Waals surface area contributed by atoms with Crippen LogP contribution in [0, 0.1) is 0 Å². The minimum atomic E-state index is -4.18. The number of ether oxygens (including phenoxy) is 1. The summed E-state index contributed by atoms with van der Waals surface area (Å²) in [5.74, 6) is 0.623. The molecule has 10 nitrogen and oxygen atoms in total. The average molecular weight is 316 g/mol. The fraction of sp³-hybridized carbons (Fsp3) is 0.500. The lowest BCUT2D eigenvalue weighted by molar-refractivity contribution is 0.0764. The highest BCUT2D eigenvalue weighted by Gasteiger charge is 2.17. The number of imidazole rings is 1. The molecule has 2 aromatic heterocycles. The van der Waals surface area contributed by atoms with Crippen LogP contribution >= 0.6 is 7.60 Å². The third kappa shape index (κ3) is 3.88. The molecular weight excluding hydrogens is 299 g/mol. The SMILES string of the molecule is CNc1nc(N)nc2c1ncn2C[C@@H](C)OCP(=O)(O)O. The van der Waals surface area contributed by atoms with Crippen molar-refractivity contribution in [2.45, 2.75) is 19.6 Å². The van der Waals surface area contributed by atoms with Gasteiger partial charge in [-0.3, -0.25) is 4.57 Å². The van der Waals surface area contributed by atoms with Gasteiger partial charge in [-0.05, 0) is 6.92 Å². The van der Waals surface area contributed by atoms with E-state index in [0.29, 0.717) is 23.5 Å². The molecule has 0 aliphatic heterocycles. The molecule has 0 aliphatic carbocycles. The van der Waals surface area contributed by atoms with Crippen LogP contribution in [-0.2, 0) is 15.8 Å². The maximum absolute atomic E-state index is 10.8. The van der Waals surface area contributed by atoms with E-state index in [4.69, 9.17) is 20.3 Å². The first-order valence-electron chi connectivity index (χ1n) is 6.12. The first-order valence-corrected chi connectivity index (χ1v) is 7.92. The summed E-state index contributed by atoms with van der Waals surface area (Å²) in [4.78, 5) is 29.9. The van der Waals surface area contributed by atoms with E-state index in [1.165, 1.54) is 0 Å². The van der Waals surface area contributed by atoms with Crippen molar-refractivity contribution >= 4 is 30.5 Å². The van der Waals surface area contributed by atoms with Gasteiger partial charge in [-0.15, -0.1) is 0 Å². The van der Waals surface area contributed by atoms with Crippen molar-refractivity contribution < 1.29 is 19.1 Å². The number of nitrogens with one attached hydrogen (secondary N) is 1. The Morgan fingerprint density at radius 2 is 2.24 bits per heavy atom. The van der Waals surface area contributed by atoms with Crippen molar-refractivity contribution in [3.8, 4) is 0 Å². The predicted octanol–water partition coefficient (Wildman–Crippen LogP) is -0.00950. The third-order valence-corrected chi connectivity index (χ3v) is 3.18. The van der Waals surface area contributed by atoms with Crippen LogP contribution in [0.5, 0.6) is 0 Å². The van der Waals surface area contributed by atoms with Gasteiger partial charge < -0.3 is 30.1 Å². The first kappa shape index (κ1) is 15.6. The van der Waals surface area contributed by atoms with E-state index in [9.17, 15) is 4.57 Å². The van der Waals surface area contributed by atoms with Gasteiger partial charge in [0.05, 0.1) is 19.0 Å². The van der Waals surface area contributed by atoms with Crippen molar-refractivity contribution in [1.82, 2.24) is 19.5 Å². The molecule has 116 valence electrons. The quantitative estimate of drug-likeness (QED) is 0.540. The molecule has 0 spiro atoms. The van der Waals surface area contributed by atoms with Gasteiger partial charge in [-0.1, -0.05) is 0 Å². The molecule has 0 amide bonds. The van der Waals surface area contributed by atoms with Crippen molar-refractivity contribution in [1.29, 1.82) is 0 Å². The number of rotatable bonds is 6. The smallest absolute Gasteiger partial charge is 0.350 e. The summed E-state index contributed by atoms with van der Waals surface area (Å²) in [7, 11) is -2.48. The Labute approximate surface area is 120 Å². The second-order valence-corrected chi connectivity index (χ2v) is 6.11. The van der Waals surface area contributed by atoms with E-state index in [2.05, 4.69) is 20.3 Å². The maximum Gasteiger partial charge on any atom is 0.350 e. The van der Waals surface area contributed by atoms with E-state index in [1.54, 1.807) is 24.9 Å². The van der Waals surface area contributed by atoms with Crippen LogP contribution in [0.3, 0.4) is 0 Å². The van der Waals surface area contributed by atoms with Crippen LogP contribution < -0.4 is 11.1 Å². The molecule has 2 rings (SSSR count). The summed E-state index contributed by atoms with van der Waals surface area (Å²) in [6, 6.07) is 0. The highest BCUT2D eigenvalue weighted by atomic mass is 31.2. The second-order valence-electron chi connectivity index (χ2n) is 4.52. The molecule has 0 aliphatic rings. The molecule has 21 heavy (non-hydrogen) atoms. The molecule has 1 atom stereocenters. The number of hydrogen-bond acceptors (Lipinski definition) is 7. The average Bonchev–Trinajstić information content (AvgIpc) is 2.78. The molecular formula is C10H17N6O4P. The van der Waals surface area contributed by atoms with E-state index >= 15 is 0 Å². The lowest BCUT2D eigenvalue weighted by Crippen LogP contribution is -2.17. The summed E-state index contributed by atoms with van der Waals surface area (Å²) in [5.41, 5.74) is 6.73. The molecule has 0 radical (unpaired) electrons. The van der Waals surface area contributed by atoms with Crippen LogP contribution in [0.15, 0.2) is 6.33 Å². The van der Waals surface area contributed by atoms with Gasteiger partial charge in [0.2, 0.25) is 5.95 Å². The van der Waals surface area contributed by atoms with Crippen LogP contribution in [-0.4, -0.2) is 48.8 Å². The fourth-order valence-corrected chi connectivity index (χ4v) is 2.27. The van der Waals surface area contributed by atoms with Gasteiger partial charge in [0.25, 0.3) is 0 Å². The standard InChI is InChI=1S/C10H17N6O4P/c1-6(20-5-21(17,18)19)3-16-4-13-7-8(12-2)14-10(11)15-9(7)16/h4,6H,3,5H2,1-2H3,(H2,17,18,19)(H3,11,12,14,15)/t6-/m1/s1. The maximum atomic E-state index is 10.8. The predicted molar refractivity (Wildman–Crippen MR) is 76.7 cm³/mol. The van der Waals surface area contributed by atoms with Gasteiger partial charge >= 0.3 is 7.60 Å². The van der Waals surface area contributed by atoms with Gasteiger partial charge in [0, 0.05) is 7.05 Å². The Morgan fingerprint density at radius 1 is 1.52 bits per heavy atom. The fourth-order valence-electron chi connectivity index (χ4n) is 1.82. The zero-order chi connectivity index (χ0) is 15.6. The van der Waals surface area contributed by atoms with Crippen LogP contribution in [0.25, 0.3) is 11.2 Å². The van der Waals surface area contributed by atoms with Crippen LogP contribution in [0.4, 0.5) is 11.8 Å². The molecule has 2 heterocycles. The van der Waals surface area contributed by atoms with Gasteiger partial charge in [-0.2, -0.15) is 9.97 Å². The molecule has 0 fully saturated rings. The van der Waals surface area contributed by atoms with E-state index in [0.717, 1.165) is 0 Å². The summed E-state index contributed by atoms with van der Waals surface area (Å²) in [5, 5.41) is 2.88. The summed E-state index contributed by atoms with van der Waals surface area (Å²) in [6.07, 6.45) is 0.501. The largest absolute Gasteiger partial charge is 0.371 e. The Bertz CT molecular complexity index is 683. The van der Waals surface area contributed by atoms with Crippen molar-refractivity contribution in [2.75, 3.05) is 24.4 Å². The highest BCUT2D eigenvalue weighted by Crippen LogP contribution is 2.34. The topological polar surface area (TPSA) is 148 Å². The normalized spacial score (nSPS) is 13.5. The summed E-state index contributed by atoms with van der Waals surface area (Å²) < 4.78 is 17.6. The molecule has 0 saturated heterocycles. The van der Waals surface area contributed by atoms with Crippen molar-refractivity contribution in [3.63, 3.8) is 0 Å². The lowest BCUT2D eigenvalue weighted by Gasteiger charge is -2.14. The number of anilines is 2. The van der Waals surface area contributed by atoms with E-state index < -0.39 is 20.0 Å².